The van der Waals surface area contributed by atoms with Crippen molar-refractivity contribution >= 4 is 29.3 Å². The Balaban J connectivity index is 2.01. The monoisotopic (exact) mass is 371 g/mol. The fourth-order valence-corrected chi connectivity index (χ4v) is 5.16. The number of fused-ring (bicyclic) bond motifs is 2. The van der Waals surface area contributed by atoms with Crippen molar-refractivity contribution in [3.63, 3.8) is 0 Å². The highest BCUT2D eigenvalue weighted by Gasteiger charge is 2.56. The molecule has 0 aromatic heterocycles. The van der Waals surface area contributed by atoms with E-state index >= 15 is 0 Å². The molecule has 0 radical (unpaired) electrons. The number of carbonyl (C=O) groups is 1. The molecule has 1 unspecified atom stereocenters. The van der Waals surface area contributed by atoms with E-state index < -0.39 is 17.6 Å². The summed E-state index contributed by atoms with van der Waals surface area (Å²) in [7, 11) is 0. The number of aliphatic hydroxyl groups is 1. The Bertz CT molecular complexity index is 639. The summed E-state index contributed by atoms with van der Waals surface area (Å²) in [5.74, 6) is 0. The van der Waals surface area contributed by atoms with Crippen molar-refractivity contribution in [2.24, 2.45) is 5.41 Å². The van der Waals surface area contributed by atoms with Crippen LogP contribution in [0.5, 0.6) is 0 Å². The molecule has 2 fully saturated rings. The maximum Gasteiger partial charge on any atom is 0.407 e. The molecular weight excluding hydrogens is 349 g/mol. The van der Waals surface area contributed by atoms with Crippen LogP contribution >= 0.6 is 23.2 Å². The van der Waals surface area contributed by atoms with Gasteiger partial charge in [0.1, 0.15) is 0 Å². The number of halogens is 2. The summed E-state index contributed by atoms with van der Waals surface area (Å²) in [5.41, 5.74) is 0.255. The van der Waals surface area contributed by atoms with E-state index in [-0.39, 0.29) is 12.1 Å². The largest absolute Gasteiger partial charge is 0.465 e. The van der Waals surface area contributed by atoms with Crippen LogP contribution in [0.2, 0.25) is 10.0 Å². The van der Waals surface area contributed by atoms with Crippen molar-refractivity contribution < 1.29 is 15.0 Å². The summed E-state index contributed by atoms with van der Waals surface area (Å²) in [6.45, 7) is 2.08. The highest BCUT2D eigenvalue weighted by atomic mass is 35.5. The molecular formula is C18H23Cl2NO3. The summed E-state index contributed by atoms with van der Waals surface area (Å²) in [6.07, 6.45) is 3.40. The number of amides is 1. The number of hydrogen-bond acceptors (Lipinski definition) is 2. The number of carboxylic acid groups (broad SMARTS) is 1. The summed E-state index contributed by atoms with van der Waals surface area (Å²) in [6, 6.07) is 5.15. The first-order valence-corrected chi connectivity index (χ1v) is 9.30. The Morgan fingerprint density at radius 2 is 2.08 bits per heavy atom. The van der Waals surface area contributed by atoms with Gasteiger partial charge in [-0.05, 0) is 49.8 Å². The molecule has 4 atom stereocenters. The zero-order chi connectivity index (χ0) is 17.5. The van der Waals surface area contributed by atoms with Crippen molar-refractivity contribution in [2.45, 2.75) is 63.6 Å². The summed E-state index contributed by atoms with van der Waals surface area (Å²) in [5, 5.41) is 21.8. The van der Waals surface area contributed by atoms with Gasteiger partial charge in [-0.2, -0.15) is 0 Å². The highest BCUT2D eigenvalue weighted by molar-refractivity contribution is 6.42. The zero-order valence-corrected chi connectivity index (χ0v) is 15.2. The Kier molecular flexibility index (Phi) is 5.01. The molecule has 2 N–H and O–H groups in total. The number of hydrogen-bond donors (Lipinski definition) is 2. The molecule has 2 aliphatic rings. The predicted molar refractivity (Wildman–Crippen MR) is 94.7 cm³/mol. The number of piperidine rings is 1. The topological polar surface area (TPSA) is 60.8 Å². The molecule has 3 rings (SSSR count). The second kappa shape index (κ2) is 6.74. The van der Waals surface area contributed by atoms with Crippen molar-refractivity contribution in [1.82, 2.24) is 4.90 Å². The zero-order valence-electron chi connectivity index (χ0n) is 13.7. The van der Waals surface area contributed by atoms with Crippen molar-refractivity contribution in [2.75, 3.05) is 0 Å². The Hall–Kier alpha value is -0.970. The number of benzene rings is 1. The van der Waals surface area contributed by atoms with Gasteiger partial charge in [-0.25, -0.2) is 4.79 Å². The standard InChI is InChI=1S/C18H23Cl2NO3/c1-2-8-18(16(22)11-3-5-13(19)14(20)10-11)9-7-12-4-6-15(18)21(12)17(23)24/h3,5,10,12,15-16,22H,2,4,6-9H2,1H3,(H,23,24)/t12-,15+,16?,18-/m0/s1. The van der Waals surface area contributed by atoms with E-state index in [1.54, 1.807) is 23.1 Å². The molecule has 1 aromatic carbocycles. The molecule has 6 heteroatoms. The third kappa shape index (κ3) is 2.79. The smallest absolute Gasteiger partial charge is 0.407 e. The van der Waals surface area contributed by atoms with Crippen LogP contribution in [0.4, 0.5) is 4.79 Å². The third-order valence-corrected chi connectivity index (χ3v) is 6.59. The van der Waals surface area contributed by atoms with Crippen LogP contribution in [0, 0.1) is 5.41 Å². The van der Waals surface area contributed by atoms with Gasteiger partial charge in [-0.1, -0.05) is 42.6 Å². The minimum atomic E-state index is -0.871. The molecule has 2 heterocycles. The number of aliphatic hydroxyl groups excluding tert-OH is 1. The molecule has 24 heavy (non-hydrogen) atoms. The first kappa shape index (κ1) is 17.8. The van der Waals surface area contributed by atoms with E-state index in [1.807, 2.05) is 0 Å². The maximum atomic E-state index is 11.8. The predicted octanol–water partition coefficient (Wildman–Crippen LogP) is 5.12. The van der Waals surface area contributed by atoms with Gasteiger partial charge in [0.25, 0.3) is 0 Å². The average Bonchev–Trinajstić information content (AvgIpc) is 2.90. The first-order valence-electron chi connectivity index (χ1n) is 8.55. The molecule has 1 amide bonds. The minimum absolute atomic E-state index is 0.0958. The van der Waals surface area contributed by atoms with Crippen molar-refractivity contribution in [3.05, 3.63) is 33.8 Å². The minimum Gasteiger partial charge on any atom is -0.465 e. The van der Waals surface area contributed by atoms with Gasteiger partial charge in [0.2, 0.25) is 0 Å². The molecule has 1 aromatic rings. The Morgan fingerprint density at radius 3 is 2.71 bits per heavy atom. The van der Waals surface area contributed by atoms with Crippen LogP contribution in [0.25, 0.3) is 0 Å². The normalized spacial score (nSPS) is 30.4. The molecule has 4 nitrogen and oxygen atoms in total. The molecule has 0 saturated carbocycles. The van der Waals surface area contributed by atoms with Crippen LogP contribution in [-0.2, 0) is 0 Å². The van der Waals surface area contributed by atoms with Crippen molar-refractivity contribution in [1.29, 1.82) is 0 Å². The molecule has 0 aliphatic carbocycles. The Labute approximate surface area is 152 Å². The lowest BCUT2D eigenvalue weighted by atomic mass is 9.65. The summed E-state index contributed by atoms with van der Waals surface area (Å²) < 4.78 is 0. The highest BCUT2D eigenvalue weighted by Crippen LogP contribution is 2.55. The second-order valence-electron chi connectivity index (χ2n) is 7.03. The van der Waals surface area contributed by atoms with Gasteiger partial charge in [-0.15, -0.1) is 0 Å². The van der Waals surface area contributed by atoms with Crippen LogP contribution in [-0.4, -0.2) is 33.3 Å². The first-order chi connectivity index (χ1) is 11.4. The van der Waals surface area contributed by atoms with E-state index in [9.17, 15) is 15.0 Å². The van der Waals surface area contributed by atoms with Gasteiger partial charge in [0, 0.05) is 17.5 Å². The van der Waals surface area contributed by atoms with E-state index in [0.717, 1.165) is 38.5 Å². The van der Waals surface area contributed by atoms with Gasteiger partial charge in [-0.3, -0.25) is 0 Å². The maximum absolute atomic E-state index is 11.8. The van der Waals surface area contributed by atoms with E-state index in [0.29, 0.717) is 15.6 Å². The number of nitrogens with zero attached hydrogens (tertiary/aromatic N) is 1. The molecule has 132 valence electrons. The Morgan fingerprint density at radius 1 is 1.33 bits per heavy atom. The van der Waals surface area contributed by atoms with E-state index in [1.165, 1.54) is 0 Å². The lowest BCUT2D eigenvalue weighted by Gasteiger charge is -2.50. The van der Waals surface area contributed by atoms with Crippen LogP contribution in [0.15, 0.2) is 18.2 Å². The van der Waals surface area contributed by atoms with Gasteiger partial charge in [0.05, 0.1) is 16.1 Å². The fourth-order valence-electron chi connectivity index (χ4n) is 4.85. The molecule has 2 saturated heterocycles. The lowest BCUT2D eigenvalue weighted by Crippen LogP contribution is -2.55. The van der Waals surface area contributed by atoms with Gasteiger partial charge >= 0.3 is 6.09 Å². The molecule has 2 bridgehead atoms. The quantitative estimate of drug-likeness (QED) is 0.771. The second-order valence-corrected chi connectivity index (χ2v) is 7.85. The molecule has 2 aliphatic heterocycles. The third-order valence-electron chi connectivity index (χ3n) is 5.85. The van der Waals surface area contributed by atoms with Crippen LogP contribution < -0.4 is 0 Å². The summed E-state index contributed by atoms with van der Waals surface area (Å²) in [4.78, 5) is 13.4. The van der Waals surface area contributed by atoms with Crippen LogP contribution in [0.3, 0.4) is 0 Å². The lowest BCUT2D eigenvalue weighted by molar-refractivity contribution is -0.0723. The van der Waals surface area contributed by atoms with Gasteiger partial charge < -0.3 is 15.1 Å². The van der Waals surface area contributed by atoms with Crippen molar-refractivity contribution in [3.8, 4) is 0 Å². The number of rotatable bonds is 4. The van der Waals surface area contributed by atoms with E-state index in [2.05, 4.69) is 6.92 Å². The average molecular weight is 372 g/mol. The van der Waals surface area contributed by atoms with E-state index in [4.69, 9.17) is 23.2 Å². The fraction of sp³-hybridized carbons (Fsp3) is 0.611. The van der Waals surface area contributed by atoms with Crippen LogP contribution in [0.1, 0.15) is 57.1 Å². The molecule has 0 spiro atoms. The van der Waals surface area contributed by atoms with Gasteiger partial charge in [0.15, 0.2) is 0 Å². The SMILES string of the molecule is CCC[C@]1(C(O)c2ccc(Cl)c(Cl)c2)CC[C@@H]2CC[C@H]1N2C(=O)O. The summed E-state index contributed by atoms with van der Waals surface area (Å²) >= 11 is 12.1.